The van der Waals surface area contributed by atoms with Gasteiger partial charge in [0.15, 0.2) is 0 Å². The van der Waals surface area contributed by atoms with Gasteiger partial charge in [-0.05, 0) is 43.4 Å². The average Bonchev–Trinajstić information content (AvgIpc) is 3.29. The molecule has 2 N–H and O–H groups in total. The summed E-state index contributed by atoms with van der Waals surface area (Å²) in [6.07, 6.45) is 6.11. The van der Waals surface area contributed by atoms with E-state index in [9.17, 15) is 13.2 Å². The van der Waals surface area contributed by atoms with Gasteiger partial charge in [0.1, 0.15) is 5.82 Å². The van der Waals surface area contributed by atoms with Crippen molar-refractivity contribution in [2.75, 3.05) is 18.8 Å². The Kier molecular flexibility index (Phi) is 5.25. The Labute approximate surface area is 172 Å². The highest BCUT2D eigenvalue weighted by atomic mass is 32.2. The van der Waals surface area contributed by atoms with Gasteiger partial charge in [-0.25, -0.2) is 17.7 Å². The van der Waals surface area contributed by atoms with Gasteiger partial charge in [-0.3, -0.25) is 4.79 Å². The van der Waals surface area contributed by atoms with E-state index in [0.29, 0.717) is 25.1 Å². The molecule has 0 bridgehead atoms. The Balaban J connectivity index is 1.53. The zero-order valence-corrected chi connectivity index (χ0v) is 17.6. The maximum absolute atomic E-state index is 12.5. The van der Waals surface area contributed by atoms with Crippen molar-refractivity contribution in [2.45, 2.75) is 51.0 Å². The molecule has 0 atom stereocenters. The van der Waals surface area contributed by atoms with Crippen LogP contribution in [0.1, 0.15) is 55.2 Å². The molecule has 1 aromatic carbocycles. The Morgan fingerprint density at radius 2 is 1.79 bits per heavy atom. The number of fused-ring (bicyclic) bond motifs is 2. The fourth-order valence-corrected chi connectivity index (χ4v) is 6.27. The topological polar surface area (TPSA) is 98.3 Å². The van der Waals surface area contributed by atoms with E-state index in [0.717, 1.165) is 49.3 Å². The normalized spacial score (nSPS) is 18.8. The number of benzene rings is 1. The Hall–Kier alpha value is -2.19. The summed E-state index contributed by atoms with van der Waals surface area (Å²) in [6, 6.07) is 7.28. The van der Waals surface area contributed by atoms with Gasteiger partial charge < -0.3 is 10.3 Å². The van der Waals surface area contributed by atoms with Crippen LogP contribution in [0.2, 0.25) is 0 Å². The second kappa shape index (κ2) is 7.57. The predicted molar refractivity (Wildman–Crippen MR) is 112 cm³/mol. The predicted octanol–water partition coefficient (Wildman–Crippen LogP) is 2.52. The fraction of sp³-hybridized carbons (Fsp3) is 0.524. The number of hydrogen-bond acceptors (Lipinski definition) is 4. The molecule has 29 heavy (non-hydrogen) atoms. The number of hydrogen-bond donors (Lipinski definition) is 1. The quantitative estimate of drug-likeness (QED) is 0.782. The number of amides is 1. The maximum atomic E-state index is 12.5. The standard InChI is InChI=1S/C21H28N4O3S/c1-2-3-14-29(27,28)24-11-8-21(9-12-24)10-13-25-18(15-23-20(21)25)16-4-6-17(7-5-16)19(22)26/h4-7,15H,2-3,8-14H2,1H3,(H2,22,26). The van der Waals surface area contributed by atoms with Crippen molar-refractivity contribution in [1.82, 2.24) is 13.9 Å². The van der Waals surface area contributed by atoms with E-state index < -0.39 is 15.9 Å². The van der Waals surface area contributed by atoms with Crippen LogP contribution < -0.4 is 5.73 Å². The summed E-state index contributed by atoms with van der Waals surface area (Å²) in [5.74, 6) is 0.878. The molecule has 2 aromatic rings. The first-order chi connectivity index (χ1) is 13.9. The lowest BCUT2D eigenvalue weighted by Crippen LogP contribution is -2.45. The summed E-state index contributed by atoms with van der Waals surface area (Å²) in [4.78, 5) is 16.0. The zero-order valence-electron chi connectivity index (χ0n) is 16.8. The molecule has 2 aliphatic heterocycles. The van der Waals surface area contributed by atoms with Crippen LogP contribution in [-0.2, 0) is 22.0 Å². The minimum atomic E-state index is -3.15. The molecule has 0 saturated carbocycles. The third-order valence-electron chi connectivity index (χ3n) is 6.44. The number of unbranched alkanes of at least 4 members (excludes halogenated alkanes) is 1. The van der Waals surface area contributed by atoms with Crippen LogP contribution in [0.25, 0.3) is 11.3 Å². The van der Waals surface area contributed by atoms with E-state index in [1.807, 2.05) is 25.3 Å². The molecule has 156 valence electrons. The molecule has 1 spiro atoms. The number of piperidine rings is 1. The molecular weight excluding hydrogens is 388 g/mol. The van der Waals surface area contributed by atoms with Crippen molar-refractivity contribution >= 4 is 15.9 Å². The van der Waals surface area contributed by atoms with Crippen LogP contribution in [0.3, 0.4) is 0 Å². The van der Waals surface area contributed by atoms with E-state index >= 15 is 0 Å². The first-order valence-electron chi connectivity index (χ1n) is 10.3. The highest BCUT2D eigenvalue weighted by Gasteiger charge is 2.45. The first-order valence-corrected chi connectivity index (χ1v) is 11.9. The number of nitrogens with two attached hydrogens (primary N) is 1. The number of imidazole rings is 1. The van der Waals surface area contributed by atoms with Crippen molar-refractivity contribution in [3.05, 3.63) is 41.9 Å². The van der Waals surface area contributed by atoms with Crippen molar-refractivity contribution < 1.29 is 13.2 Å². The van der Waals surface area contributed by atoms with Gasteiger partial charge in [-0.2, -0.15) is 0 Å². The van der Waals surface area contributed by atoms with E-state index in [1.54, 1.807) is 16.4 Å². The van der Waals surface area contributed by atoms with Gasteiger partial charge in [0, 0.05) is 30.6 Å². The third kappa shape index (κ3) is 3.59. The van der Waals surface area contributed by atoms with Crippen LogP contribution >= 0.6 is 0 Å². The number of sulfonamides is 1. The monoisotopic (exact) mass is 416 g/mol. The van der Waals surface area contributed by atoms with Crippen LogP contribution in [-0.4, -0.2) is 47.0 Å². The maximum Gasteiger partial charge on any atom is 0.248 e. The molecule has 7 nitrogen and oxygen atoms in total. The highest BCUT2D eigenvalue weighted by Crippen LogP contribution is 2.45. The van der Waals surface area contributed by atoms with Gasteiger partial charge in [0.25, 0.3) is 0 Å². The van der Waals surface area contributed by atoms with Crippen molar-refractivity contribution in [2.24, 2.45) is 5.73 Å². The summed E-state index contributed by atoms with van der Waals surface area (Å²) in [6.45, 7) is 4.03. The first kappa shape index (κ1) is 20.1. The Bertz CT molecular complexity index is 1000. The zero-order chi connectivity index (χ0) is 20.6. The number of primary amides is 1. The molecule has 0 aliphatic carbocycles. The molecule has 4 rings (SSSR count). The molecular formula is C21H28N4O3S. The largest absolute Gasteiger partial charge is 0.366 e. The molecule has 0 radical (unpaired) electrons. The van der Waals surface area contributed by atoms with E-state index in [1.165, 1.54) is 0 Å². The lowest BCUT2D eigenvalue weighted by atomic mass is 9.77. The van der Waals surface area contributed by atoms with E-state index in [2.05, 4.69) is 4.57 Å². The number of nitrogens with zero attached hydrogens (tertiary/aromatic N) is 3. The Morgan fingerprint density at radius 1 is 1.14 bits per heavy atom. The average molecular weight is 417 g/mol. The molecule has 1 fully saturated rings. The molecule has 3 heterocycles. The van der Waals surface area contributed by atoms with Gasteiger partial charge in [-0.1, -0.05) is 25.5 Å². The van der Waals surface area contributed by atoms with Crippen molar-refractivity contribution in [1.29, 1.82) is 0 Å². The smallest absolute Gasteiger partial charge is 0.248 e. The van der Waals surface area contributed by atoms with E-state index in [4.69, 9.17) is 10.7 Å². The van der Waals surface area contributed by atoms with Crippen LogP contribution in [0.4, 0.5) is 0 Å². The lowest BCUT2D eigenvalue weighted by molar-refractivity contribution is 0.100. The molecule has 1 aromatic heterocycles. The summed E-state index contributed by atoms with van der Waals surface area (Å²) >= 11 is 0. The number of carbonyl (C=O) groups is 1. The van der Waals surface area contributed by atoms with Gasteiger partial charge >= 0.3 is 0 Å². The summed E-state index contributed by atoms with van der Waals surface area (Å²) in [7, 11) is -3.15. The molecule has 8 heteroatoms. The molecule has 0 unspecified atom stereocenters. The third-order valence-corrected chi connectivity index (χ3v) is 8.39. The number of carbonyl (C=O) groups excluding carboxylic acids is 1. The minimum absolute atomic E-state index is 0.0395. The van der Waals surface area contributed by atoms with Crippen molar-refractivity contribution in [3.63, 3.8) is 0 Å². The molecule has 1 saturated heterocycles. The number of aromatic nitrogens is 2. The molecule has 1 amide bonds. The SMILES string of the molecule is CCCCS(=O)(=O)N1CCC2(CC1)CCn1c(-c3ccc(C(N)=O)cc3)cnc12. The Morgan fingerprint density at radius 3 is 2.41 bits per heavy atom. The van der Waals surface area contributed by atoms with Gasteiger partial charge in [0.2, 0.25) is 15.9 Å². The van der Waals surface area contributed by atoms with Crippen LogP contribution in [0.5, 0.6) is 0 Å². The second-order valence-electron chi connectivity index (χ2n) is 8.16. The van der Waals surface area contributed by atoms with Crippen molar-refractivity contribution in [3.8, 4) is 11.3 Å². The minimum Gasteiger partial charge on any atom is -0.366 e. The summed E-state index contributed by atoms with van der Waals surface area (Å²) in [5.41, 5.74) is 7.82. The molecule has 2 aliphatic rings. The highest BCUT2D eigenvalue weighted by molar-refractivity contribution is 7.89. The van der Waals surface area contributed by atoms with Gasteiger partial charge in [0.05, 0.1) is 17.6 Å². The van der Waals surface area contributed by atoms with Crippen LogP contribution in [0.15, 0.2) is 30.5 Å². The second-order valence-corrected chi connectivity index (χ2v) is 10.2. The van der Waals surface area contributed by atoms with E-state index in [-0.39, 0.29) is 11.2 Å². The number of rotatable bonds is 6. The lowest BCUT2D eigenvalue weighted by Gasteiger charge is -2.37. The summed E-state index contributed by atoms with van der Waals surface area (Å²) < 4.78 is 29.0. The fourth-order valence-electron chi connectivity index (χ4n) is 4.62. The van der Waals surface area contributed by atoms with Crippen LogP contribution in [0, 0.1) is 0 Å². The summed E-state index contributed by atoms with van der Waals surface area (Å²) in [5, 5.41) is 0. The van der Waals surface area contributed by atoms with Gasteiger partial charge in [-0.15, -0.1) is 0 Å².